The number of aryl methyl sites for hydroxylation is 1. The van der Waals surface area contributed by atoms with E-state index < -0.39 is 0 Å². The van der Waals surface area contributed by atoms with Crippen LogP contribution in [0, 0.1) is 12.7 Å². The van der Waals surface area contributed by atoms with Gasteiger partial charge in [-0.2, -0.15) is 0 Å². The van der Waals surface area contributed by atoms with Gasteiger partial charge >= 0.3 is 0 Å². The number of carbonyl (C=O) groups excluding carboxylic acids is 1. The van der Waals surface area contributed by atoms with Gasteiger partial charge in [-0.05, 0) is 55.6 Å². The van der Waals surface area contributed by atoms with Crippen molar-refractivity contribution in [1.29, 1.82) is 0 Å². The van der Waals surface area contributed by atoms with E-state index in [-0.39, 0.29) is 24.1 Å². The van der Waals surface area contributed by atoms with Crippen LogP contribution in [0.4, 0.5) is 4.39 Å². The van der Waals surface area contributed by atoms with Gasteiger partial charge in [-0.3, -0.25) is 4.79 Å². The molecule has 0 radical (unpaired) electrons. The summed E-state index contributed by atoms with van der Waals surface area (Å²) in [5, 5.41) is 6.36. The lowest BCUT2D eigenvalue weighted by Gasteiger charge is -2.10. The quantitative estimate of drug-likeness (QED) is 0.877. The third-order valence-corrected chi connectivity index (χ3v) is 5.20. The van der Waals surface area contributed by atoms with Crippen molar-refractivity contribution >= 4 is 29.7 Å². The molecule has 3 rings (SSSR count). The van der Waals surface area contributed by atoms with E-state index in [0.29, 0.717) is 17.5 Å². The van der Waals surface area contributed by atoms with Crippen LogP contribution in [0.2, 0.25) is 0 Å². The molecule has 23 heavy (non-hydrogen) atoms. The number of thiophene rings is 1. The average molecular weight is 355 g/mol. The molecule has 1 unspecified atom stereocenters. The van der Waals surface area contributed by atoms with Gasteiger partial charge in [0.25, 0.3) is 5.91 Å². The van der Waals surface area contributed by atoms with Crippen LogP contribution in [0.1, 0.15) is 28.1 Å². The lowest BCUT2D eigenvalue weighted by molar-refractivity contribution is 0.0954. The minimum atomic E-state index is -0.250. The van der Waals surface area contributed by atoms with Crippen LogP contribution in [0.3, 0.4) is 0 Å². The fraction of sp³-hybridized carbons (Fsp3) is 0.353. The van der Waals surface area contributed by atoms with E-state index in [1.165, 1.54) is 29.9 Å². The minimum Gasteiger partial charge on any atom is -0.350 e. The topological polar surface area (TPSA) is 41.1 Å². The molecular formula is C17H20ClFN2OS. The summed E-state index contributed by atoms with van der Waals surface area (Å²) in [6.45, 7) is 3.68. The Morgan fingerprint density at radius 3 is 2.78 bits per heavy atom. The molecule has 0 aliphatic carbocycles. The van der Waals surface area contributed by atoms with E-state index in [9.17, 15) is 9.18 Å². The molecule has 3 nitrogen and oxygen atoms in total. The van der Waals surface area contributed by atoms with E-state index in [1.807, 2.05) is 13.0 Å². The molecule has 0 bridgehead atoms. The predicted octanol–water partition coefficient (Wildman–Crippen LogP) is 3.77. The van der Waals surface area contributed by atoms with Gasteiger partial charge < -0.3 is 10.6 Å². The molecule has 1 amide bonds. The van der Waals surface area contributed by atoms with E-state index >= 15 is 0 Å². The Bertz CT molecular complexity index is 666. The number of benzene rings is 1. The van der Waals surface area contributed by atoms with Crippen molar-refractivity contribution in [3.05, 3.63) is 46.6 Å². The van der Waals surface area contributed by atoms with Gasteiger partial charge in [0.1, 0.15) is 5.82 Å². The molecule has 1 aromatic heterocycles. The van der Waals surface area contributed by atoms with Crippen LogP contribution in [0.5, 0.6) is 0 Å². The Morgan fingerprint density at radius 1 is 1.39 bits per heavy atom. The molecule has 1 aliphatic rings. The summed E-state index contributed by atoms with van der Waals surface area (Å²) in [5.74, 6) is -0.282. The number of rotatable bonds is 4. The van der Waals surface area contributed by atoms with E-state index in [4.69, 9.17) is 0 Å². The molecule has 1 saturated heterocycles. The van der Waals surface area contributed by atoms with Crippen molar-refractivity contribution in [3.8, 4) is 10.4 Å². The van der Waals surface area contributed by atoms with Crippen LogP contribution in [-0.4, -0.2) is 25.0 Å². The molecule has 124 valence electrons. The Hall–Kier alpha value is -1.43. The average Bonchev–Trinajstić information content (AvgIpc) is 3.15. The molecule has 2 aromatic rings. The molecule has 1 aliphatic heterocycles. The maximum atomic E-state index is 13.0. The molecule has 2 N–H and O–H groups in total. The number of hydrogen-bond acceptors (Lipinski definition) is 3. The number of carbonyl (C=O) groups is 1. The second-order valence-electron chi connectivity index (χ2n) is 5.63. The van der Waals surface area contributed by atoms with Crippen molar-refractivity contribution in [2.24, 2.45) is 0 Å². The molecule has 2 heterocycles. The molecule has 1 fully saturated rings. The summed E-state index contributed by atoms with van der Waals surface area (Å²) in [4.78, 5) is 14.0. The highest BCUT2D eigenvalue weighted by molar-refractivity contribution is 7.17. The zero-order chi connectivity index (χ0) is 15.5. The Labute approximate surface area is 145 Å². The first-order valence-corrected chi connectivity index (χ1v) is 8.33. The molecule has 0 saturated carbocycles. The maximum absolute atomic E-state index is 13.0. The van der Waals surface area contributed by atoms with Gasteiger partial charge in [-0.15, -0.1) is 23.7 Å². The lowest BCUT2D eigenvalue weighted by Crippen LogP contribution is -2.36. The third-order valence-electron chi connectivity index (χ3n) is 3.92. The second kappa shape index (κ2) is 7.90. The predicted molar refractivity (Wildman–Crippen MR) is 95.1 cm³/mol. The summed E-state index contributed by atoms with van der Waals surface area (Å²) in [6.07, 6.45) is 2.29. The monoisotopic (exact) mass is 354 g/mol. The normalized spacial score (nSPS) is 16.9. The first kappa shape index (κ1) is 17.9. The summed E-state index contributed by atoms with van der Waals surface area (Å²) in [7, 11) is 0. The SMILES string of the molecule is Cc1cc(C(=O)NCC2CCCN2)sc1-c1ccc(F)cc1.Cl. The zero-order valence-corrected chi connectivity index (χ0v) is 14.5. The molecule has 1 atom stereocenters. The minimum absolute atomic E-state index is 0. The van der Waals surface area contributed by atoms with Crippen molar-refractivity contribution in [2.75, 3.05) is 13.1 Å². The van der Waals surface area contributed by atoms with E-state index in [0.717, 1.165) is 29.0 Å². The number of hydrogen-bond donors (Lipinski definition) is 2. The summed E-state index contributed by atoms with van der Waals surface area (Å²) >= 11 is 1.45. The highest BCUT2D eigenvalue weighted by Crippen LogP contribution is 2.32. The van der Waals surface area contributed by atoms with Gasteiger partial charge in [-0.25, -0.2) is 4.39 Å². The Balaban J connectivity index is 0.00000192. The smallest absolute Gasteiger partial charge is 0.261 e. The van der Waals surface area contributed by atoms with Crippen LogP contribution in [0.15, 0.2) is 30.3 Å². The second-order valence-corrected chi connectivity index (χ2v) is 6.69. The van der Waals surface area contributed by atoms with Crippen LogP contribution in [0.25, 0.3) is 10.4 Å². The summed E-state index contributed by atoms with van der Waals surface area (Å²) in [6, 6.07) is 8.68. The molecule has 1 aromatic carbocycles. The third kappa shape index (κ3) is 4.31. The Morgan fingerprint density at radius 2 is 2.13 bits per heavy atom. The van der Waals surface area contributed by atoms with Gasteiger partial charge in [0.2, 0.25) is 0 Å². The zero-order valence-electron chi connectivity index (χ0n) is 12.9. The van der Waals surface area contributed by atoms with Gasteiger partial charge in [0.05, 0.1) is 4.88 Å². The largest absolute Gasteiger partial charge is 0.350 e. The summed E-state index contributed by atoms with van der Waals surface area (Å²) in [5.41, 5.74) is 1.99. The molecule has 6 heteroatoms. The fourth-order valence-corrected chi connectivity index (χ4v) is 3.81. The van der Waals surface area contributed by atoms with Crippen molar-refractivity contribution in [2.45, 2.75) is 25.8 Å². The van der Waals surface area contributed by atoms with Gasteiger partial charge in [-0.1, -0.05) is 12.1 Å². The molecule has 0 spiro atoms. The van der Waals surface area contributed by atoms with Gasteiger partial charge in [0.15, 0.2) is 0 Å². The Kier molecular flexibility index (Phi) is 6.16. The summed E-state index contributed by atoms with van der Waals surface area (Å²) < 4.78 is 13.0. The van der Waals surface area contributed by atoms with Crippen LogP contribution < -0.4 is 10.6 Å². The van der Waals surface area contributed by atoms with Crippen LogP contribution >= 0.6 is 23.7 Å². The number of halogens is 2. The first-order chi connectivity index (χ1) is 10.6. The van der Waals surface area contributed by atoms with Crippen molar-refractivity contribution in [3.63, 3.8) is 0 Å². The lowest BCUT2D eigenvalue weighted by atomic mass is 10.1. The fourth-order valence-electron chi connectivity index (χ4n) is 2.72. The van der Waals surface area contributed by atoms with Crippen molar-refractivity contribution < 1.29 is 9.18 Å². The highest BCUT2D eigenvalue weighted by Gasteiger charge is 2.17. The van der Waals surface area contributed by atoms with E-state index in [2.05, 4.69) is 10.6 Å². The first-order valence-electron chi connectivity index (χ1n) is 7.51. The highest BCUT2D eigenvalue weighted by atomic mass is 35.5. The van der Waals surface area contributed by atoms with Crippen molar-refractivity contribution in [1.82, 2.24) is 10.6 Å². The molecular weight excluding hydrogens is 335 g/mol. The van der Waals surface area contributed by atoms with E-state index in [1.54, 1.807) is 12.1 Å². The standard InChI is InChI=1S/C17H19FN2OS.ClH/c1-11-9-15(17(21)20-10-14-3-2-8-19-14)22-16(11)12-4-6-13(18)7-5-12;/h4-7,9,14,19H,2-3,8,10H2,1H3,(H,20,21);1H. The van der Waals surface area contributed by atoms with Crippen LogP contribution in [-0.2, 0) is 0 Å². The maximum Gasteiger partial charge on any atom is 0.261 e. The number of nitrogens with one attached hydrogen (secondary N) is 2. The van der Waals surface area contributed by atoms with Gasteiger partial charge in [0, 0.05) is 17.5 Å². The number of amides is 1.